The highest BCUT2D eigenvalue weighted by atomic mass is 19.4. The van der Waals surface area contributed by atoms with Crippen LogP contribution in [0.25, 0.3) is 5.70 Å². The summed E-state index contributed by atoms with van der Waals surface area (Å²) in [5.41, 5.74) is 8.24. The summed E-state index contributed by atoms with van der Waals surface area (Å²) in [4.78, 5) is 4.24. The maximum absolute atomic E-state index is 15.7. The molecule has 0 heterocycles. The molecule has 170 valence electrons. The molecule has 1 fully saturated rings. The van der Waals surface area contributed by atoms with E-state index in [0.717, 1.165) is 30.9 Å². The molecule has 0 atom stereocenters. The number of aryl methyl sites for hydroxylation is 1. The minimum absolute atomic E-state index is 0.196. The number of benzene rings is 2. The van der Waals surface area contributed by atoms with Crippen molar-refractivity contribution in [3.63, 3.8) is 0 Å². The van der Waals surface area contributed by atoms with Gasteiger partial charge in [-0.2, -0.15) is 13.2 Å². The molecule has 0 saturated heterocycles. The Bertz CT molecular complexity index is 1060. The van der Waals surface area contributed by atoms with Crippen LogP contribution in [0, 0.1) is 12.7 Å². The molecule has 1 aliphatic carbocycles. The number of hydrogen-bond acceptors (Lipinski definition) is 2. The van der Waals surface area contributed by atoms with Gasteiger partial charge in [0, 0.05) is 17.5 Å². The van der Waals surface area contributed by atoms with Crippen LogP contribution in [0.3, 0.4) is 0 Å². The number of nitrogens with zero attached hydrogens (tertiary/aromatic N) is 1. The van der Waals surface area contributed by atoms with Gasteiger partial charge in [-0.1, -0.05) is 37.3 Å². The lowest BCUT2D eigenvalue weighted by Gasteiger charge is -2.29. The summed E-state index contributed by atoms with van der Waals surface area (Å²) in [6.07, 6.45) is 2.40. The van der Waals surface area contributed by atoms with Gasteiger partial charge in [-0.25, -0.2) is 4.39 Å². The fourth-order valence-electron chi connectivity index (χ4n) is 4.16. The molecule has 2 nitrogen and oxygen atoms in total. The molecular formula is C26H28F4N2. The van der Waals surface area contributed by atoms with Gasteiger partial charge in [0.2, 0.25) is 0 Å². The van der Waals surface area contributed by atoms with Crippen LogP contribution in [0.15, 0.2) is 53.7 Å². The molecule has 1 aliphatic rings. The second-order valence-electron chi connectivity index (χ2n) is 8.22. The van der Waals surface area contributed by atoms with Gasteiger partial charge in [-0.3, -0.25) is 4.99 Å². The van der Waals surface area contributed by atoms with E-state index in [0.29, 0.717) is 35.2 Å². The molecule has 2 aromatic rings. The molecule has 6 heteroatoms. The third-order valence-corrected chi connectivity index (χ3v) is 6.14. The van der Waals surface area contributed by atoms with Crippen molar-refractivity contribution >= 4 is 11.9 Å². The number of allylic oxidation sites excluding steroid dienone is 2. The van der Waals surface area contributed by atoms with Crippen LogP contribution in [0.5, 0.6) is 0 Å². The van der Waals surface area contributed by atoms with Crippen molar-refractivity contribution in [2.24, 2.45) is 10.7 Å². The maximum atomic E-state index is 15.7. The molecule has 0 spiro atoms. The number of hydrogen-bond donors (Lipinski definition) is 1. The second kappa shape index (κ2) is 9.72. The third-order valence-electron chi connectivity index (χ3n) is 6.14. The Labute approximate surface area is 186 Å². The van der Waals surface area contributed by atoms with E-state index < -0.39 is 11.7 Å². The van der Waals surface area contributed by atoms with Crippen LogP contribution >= 0.6 is 0 Å². The number of rotatable bonds is 7. The lowest BCUT2D eigenvalue weighted by atomic mass is 9.76. The van der Waals surface area contributed by atoms with Crippen molar-refractivity contribution in [3.05, 3.63) is 87.9 Å². The number of alkyl halides is 3. The molecule has 1 saturated carbocycles. The summed E-state index contributed by atoms with van der Waals surface area (Å²) in [6, 6.07) is 7.85. The summed E-state index contributed by atoms with van der Waals surface area (Å²) >= 11 is 0. The fourth-order valence-corrected chi connectivity index (χ4v) is 4.16. The van der Waals surface area contributed by atoms with E-state index in [2.05, 4.69) is 11.6 Å². The van der Waals surface area contributed by atoms with Crippen molar-refractivity contribution < 1.29 is 17.6 Å². The Balaban J connectivity index is 1.99. The first kappa shape index (κ1) is 23.8. The van der Waals surface area contributed by atoms with Crippen LogP contribution < -0.4 is 5.73 Å². The Morgan fingerprint density at radius 1 is 1.19 bits per heavy atom. The fraction of sp³-hybridized carbons (Fsp3) is 0.346. The zero-order valence-corrected chi connectivity index (χ0v) is 18.4. The Hall–Kier alpha value is -2.89. The summed E-state index contributed by atoms with van der Waals surface area (Å²) in [6.45, 7) is 6.81. The van der Waals surface area contributed by atoms with Gasteiger partial charge in [-0.05, 0) is 79.8 Å². The van der Waals surface area contributed by atoms with Crippen molar-refractivity contribution in [1.29, 1.82) is 0 Å². The molecule has 2 N–H and O–H groups in total. The first-order valence-corrected chi connectivity index (χ1v) is 10.8. The van der Waals surface area contributed by atoms with E-state index in [4.69, 9.17) is 5.73 Å². The monoisotopic (exact) mass is 444 g/mol. The molecule has 3 rings (SSSR count). The number of nitrogens with two attached hydrogens (primary N) is 1. The maximum Gasteiger partial charge on any atom is 0.416 e. The Kier molecular flexibility index (Phi) is 7.22. The lowest BCUT2D eigenvalue weighted by Crippen LogP contribution is -2.14. The zero-order chi connectivity index (χ0) is 23.5. The van der Waals surface area contributed by atoms with Crippen molar-refractivity contribution in [3.8, 4) is 0 Å². The van der Waals surface area contributed by atoms with Gasteiger partial charge in [0.15, 0.2) is 0 Å². The van der Waals surface area contributed by atoms with Gasteiger partial charge in [0.25, 0.3) is 0 Å². The summed E-state index contributed by atoms with van der Waals surface area (Å²) in [5, 5.41) is 0. The predicted molar refractivity (Wildman–Crippen MR) is 122 cm³/mol. The Morgan fingerprint density at radius 3 is 2.47 bits per heavy atom. The number of halogens is 4. The van der Waals surface area contributed by atoms with E-state index in [9.17, 15) is 13.2 Å². The van der Waals surface area contributed by atoms with Gasteiger partial charge in [0.05, 0.1) is 11.3 Å². The molecule has 0 bridgehead atoms. The molecular weight excluding hydrogens is 416 g/mol. The molecule has 32 heavy (non-hydrogen) atoms. The number of aliphatic imine (C=N–C) groups is 1. The second-order valence-corrected chi connectivity index (χ2v) is 8.22. The van der Waals surface area contributed by atoms with Crippen LogP contribution in [-0.4, -0.2) is 6.21 Å². The van der Waals surface area contributed by atoms with Crippen molar-refractivity contribution in [1.82, 2.24) is 0 Å². The van der Waals surface area contributed by atoms with Crippen molar-refractivity contribution in [2.75, 3.05) is 0 Å². The average molecular weight is 445 g/mol. The highest BCUT2D eigenvalue weighted by molar-refractivity contribution is 5.83. The van der Waals surface area contributed by atoms with E-state index in [1.54, 1.807) is 25.1 Å². The minimum Gasteiger partial charge on any atom is -0.398 e. The largest absolute Gasteiger partial charge is 0.416 e. The smallest absolute Gasteiger partial charge is 0.398 e. The van der Waals surface area contributed by atoms with Crippen LogP contribution in [0.1, 0.15) is 65.5 Å². The summed E-state index contributed by atoms with van der Waals surface area (Å²) in [5.74, 6) is -0.0792. The molecule has 2 aromatic carbocycles. The normalized spacial score (nSPS) is 15.2. The first-order chi connectivity index (χ1) is 15.1. The molecule has 0 aliphatic heterocycles. The van der Waals surface area contributed by atoms with Gasteiger partial charge in [-0.15, -0.1) is 0 Å². The highest BCUT2D eigenvalue weighted by Crippen LogP contribution is 2.41. The first-order valence-electron chi connectivity index (χ1n) is 10.8. The molecule has 0 amide bonds. The van der Waals surface area contributed by atoms with E-state index in [1.807, 2.05) is 6.07 Å². The molecule has 0 aromatic heterocycles. The van der Waals surface area contributed by atoms with Gasteiger partial charge in [0.1, 0.15) is 5.82 Å². The molecule has 0 unspecified atom stereocenters. The van der Waals surface area contributed by atoms with Gasteiger partial charge < -0.3 is 5.73 Å². The summed E-state index contributed by atoms with van der Waals surface area (Å²) in [7, 11) is 0. The van der Waals surface area contributed by atoms with Crippen LogP contribution in [-0.2, 0) is 19.0 Å². The SMILES string of the molecule is C=C(N)C=N/C(=C\C)c1ccc(C2CCC2)c(CCc2cccc(C(F)(F)F)c2C)c1F. The Morgan fingerprint density at radius 2 is 1.91 bits per heavy atom. The third kappa shape index (κ3) is 5.12. The van der Waals surface area contributed by atoms with E-state index >= 15 is 4.39 Å². The topological polar surface area (TPSA) is 38.4 Å². The van der Waals surface area contributed by atoms with Crippen LogP contribution in [0.2, 0.25) is 0 Å². The van der Waals surface area contributed by atoms with E-state index in [1.165, 1.54) is 19.2 Å². The van der Waals surface area contributed by atoms with Crippen molar-refractivity contribution in [2.45, 2.75) is 58.0 Å². The quantitative estimate of drug-likeness (QED) is 0.359. The van der Waals surface area contributed by atoms with Crippen LogP contribution in [0.4, 0.5) is 17.6 Å². The van der Waals surface area contributed by atoms with Gasteiger partial charge >= 0.3 is 6.18 Å². The van der Waals surface area contributed by atoms with E-state index in [-0.39, 0.29) is 23.0 Å². The predicted octanol–water partition coefficient (Wildman–Crippen LogP) is 7.11. The minimum atomic E-state index is -4.41. The lowest BCUT2D eigenvalue weighted by molar-refractivity contribution is -0.138. The summed E-state index contributed by atoms with van der Waals surface area (Å²) < 4.78 is 55.6. The standard InChI is InChI=1S/C26H28F4N2/c1-4-24(32-15-16(2)31)22-14-13-20(19-8-5-9-19)21(25(22)27)12-11-18-7-6-10-23(17(18)3)26(28,29)30/h4,6-7,10,13-15,19H,2,5,8-9,11-12,31H2,1,3H3/b24-4-,32-15?. The average Bonchev–Trinajstić information content (AvgIpc) is 2.68. The zero-order valence-electron chi connectivity index (χ0n) is 18.4. The molecule has 0 radical (unpaired) electrons. The highest BCUT2D eigenvalue weighted by Gasteiger charge is 2.33.